The zero-order valence-electron chi connectivity index (χ0n) is 17.3. The third-order valence-electron chi connectivity index (χ3n) is 4.63. The molecule has 0 aliphatic rings. The molecular weight excluding hydrogens is 370 g/mol. The maximum absolute atomic E-state index is 12.8. The van der Waals surface area contributed by atoms with Gasteiger partial charge in [0.05, 0.1) is 29.8 Å². The fourth-order valence-corrected chi connectivity index (χ4v) is 3.04. The molecule has 2 aromatic heterocycles. The average Bonchev–Trinajstić information content (AvgIpc) is 3.15. The molecule has 0 amide bonds. The zero-order chi connectivity index (χ0) is 21.1. The number of fused-ring (bicyclic) bond motifs is 1. The summed E-state index contributed by atoms with van der Waals surface area (Å²) in [7, 11) is 1.49. The van der Waals surface area contributed by atoms with E-state index in [4.69, 9.17) is 9.47 Å². The van der Waals surface area contributed by atoms with E-state index in [1.807, 2.05) is 27.7 Å². The molecule has 3 aromatic rings. The average molecular weight is 395 g/mol. The van der Waals surface area contributed by atoms with E-state index in [1.165, 1.54) is 7.11 Å². The number of carbonyl (C=O) groups is 2. The predicted molar refractivity (Wildman–Crippen MR) is 110 cm³/mol. The lowest BCUT2D eigenvalue weighted by atomic mass is 10.1. The number of carbonyl (C=O) groups excluding carboxylic acids is 2. The number of nitrogens with zero attached hydrogens (tertiary/aromatic N) is 3. The Hall–Kier alpha value is -3.22. The fraction of sp³-hybridized carbons (Fsp3) is 0.364. The Labute approximate surface area is 169 Å². The Morgan fingerprint density at radius 3 is 2.48 bits per heavy atom. The summed E-state index contributed by atoms with van der Waals surface area (Å²) in [6, 6.07) is 8.65. The molecule has 0 saturated carbocycles. The first kappa shape index (κ1) is 20.5. The van der Waals surface area contributed by atoms with Gasteiger partial charge >= 0.3 is 5.97 Å². The van der Waals surface area contributed by atoms with E-state index in [2.05, 4.69) is 10.1 Å². The van der Waals surface area contributed by atoms with Crippen LogP contribution in [0.4, 0.5) is 0 Å². The lowest BCUT2D eigenvalue weighted by Crippen LogP contribution is -2.16. The number of hydrogen-bond acceptors (Lipinski definition) is 6. The molecule has 0 aliphatic heterocycles. The van der Waals surface area contributed by atoms with Crippen LogP contribution in [0, 0.1) is 0 Å². The highest BCUT2D eigenvalue weighted by molar-refractivity contribution is 6.05. The largest absolute Gasteiger partial charge is 0.496 e. The second kappa shape index (κ2) is 8.43. The quantitative estimate of drug-likeness (QED) is 0.441. The minimum absolute atomic E-state index is 0.0957. The Kier molecular flexibility index (Phi) is 5.96. The van der Waals surface area contributed by atoms with E-state index >= 15 is 0 Å². The van der Waals surface area contributed by atoms with Crippen molar-refractivity contribution in [2.24, 2.45) is 0 Å². The summed E-state index contributed by atoms with van der Waals surface area (Å²) in [5, 5.41) is 4.98. The summed E-state index contributed by atoms with van der Waals surface area (Å²) in [5.41, 5.74) is 2.13. The first-order valence-corrected chi connectivity index (χ1v) is 9.55. The van der Waals surface area contributed by atoms with Crippen molar-refractivity contribution in [2.75, 3.05) is 13.7 Å². The molecule has 0 saturated heterocycles. The number of para-hydroxylation sites is 1. The van der Waals surface area contributed by atoms with E-state index in [1.54, 1.807) is 41.2 Å². The highest BCUT2D eigenvalue weighted by Gasteiger charge is 2.21. The molecule has 0 unspecified atom stereocenters. The number of esters is 1. The van der Waals surface area contributed by atoms with Gasteiger partial charge in [-0.1, -0.05) is 26.0 Å². The van der Waals surface area contributed by atoms with Gasteiger partial charge < -0.3 is 9.47 Å². The van der Waals surface area contributed by atoms with Crippen molar-refractivity contribution in [3.05, 3.63) is 53.3 Å². The van der Waals surface area contributed by atoms with Gasteiger partial charge in [-0.15, -0.1) is 0 Å². The summed E-state index contributed by atoms with van der Waals surface area (Å²) in [6.45, 7) is 7.63. The van der Waals surface area contributed by atoms with E-state index in [0.717, 1.165) is 5.69 Å². The molecule has 3 rings (SSSR count). The molecule has 2 heterocycles. The molecular formula is C22H25N3O4. The van der Waals surface area contributed by atoms with Crippen LogP contribution >= 0.6 is 0 Å². The first-order chi connectivity index (χ1) is 13.8. The van der Waals surface area contributed by atoms with Crippen molar-refractivity contribution in [2.45, 2.75) is 39.7 Å². The van der Waals surface area contributed by atoms with Crippen LogP contribution in [0.5, 0.6) is 5.75 Å². The van der Waals surface area contributed by atoms with Crippen molar-refractivity contribution >= 4 is 22.8 Å². The number of Topliss-reactive ketones (excluding diaryl/α,β-unsaturated/α-hetero) is 1. The number of methoxy groups -OCH3 is 1. The monoisotopic (exact) mass is 395 g/mol. The lowest BCUT2D eigenvalue weighted by Gasteiger charge is -2.12. The van der Waals surface area contributed by atoms with Crippen molar-refractivity contribution in [1.82, 2.24) is 14.8 Å². The third kappa shape index (κ3) is 4.13. The molecule has 1 aromatic carbocycles. The second-order valence-corrected chi connectivity index (χ2v) is 7.37. The molecule has 0 fully saturated rings. The maximum atomic E-state index is 12.8. The van der Waals surface area contributed by atoms with Gasteiger partial charge in [0.2, 0.25) is 5.78 Å². The van der Waals surface area contributed by atoms with Crippen molar-refractivity contribution < 1.29 is 19.1 Å². The van der Waals surface area contributed by atoms with Gasteiger partial charge in [-0.3, -0.25) is 4.79 Å². The van der Waals surface area contributed by atoms with Gasteiger partial charge in [0.15, 0.2) is 12.3 Å². The number of rotatable bonds is 7. The number of ketones is 1. The molecule has 0 radical (unpaired) electrons. The molecule has 0 N–H and O–H groups in total. The number of ether oxygens (including phenoxy) is 2. The van der Waals surface area contributed by atoms with E-state index in [0.29, 0.717) is 27.9 Å². The normalized spacial score (nSPS) is 11.3. The SMILES string of the molecule is COc1ccccc1C(=O)COC(=O)c1cc(C(C)C)nc2c1cnn2C(C)C. The van der Waals surface area contributed by atoms with Crippen LogP contribution in [0.3, 0.4) is 0 Å². The first-order valence-electron chi connectivity index (χ1n) is 9.55. The summed E-state index contributed by atoms with van der Waals surface area (Å²) < 4.78 is 12.3. The van der Waals surface area contributed by atoms with E-state index < -0.39 is 5.97 Å². The van der Waals surface area contributed by atoms with Gasteiger partial charge in [0, 0.05) is 11.7 Å². The molecule has 0 atom stereocenters. The molecule has 7 heteroatoms. The highest BCUT2D eigenvalue weighted by atomic mass is 16.5. The Bertz CT molecular complexity index is 1050. The summed E-state index contributed by atoms with van der Waals surface area (Å²) in [4.78, 5) is 30.0. The van der Waals surface area contributed by atoms with Gasteiger partial charge in [-0.25, -0.2) is 14.5 Å². The topological polar surface area (TPSA) is 83.3 Å². The Morgan fingerprint density at radius 2 is 1.83 bits per heavy atom. The van der Waals surface area contributed by atoms with Gasteiger partial charge in [-0.2, -0.15) is 5.10 Å². The Balaban J connectivity index is 1.89. The maximum Gasteiger partial charge on any atom is 0.339 e. The lowest BCUT2D eigenvalue weighted by molar-refractivity contribution is 0.0475. The highest BCUT2D eigenvalue weighted by Crippen LogP contribution is 2.25. The second-order valence-electron chi connectivity index (χ2n) is 7.37. The van der Waals surface area contributed by atoms with Crippen LogP contribution in [0.15, 0.2) is 36.5 Å². The van der Waals surface area contributed by atoms with E-state index in [9.17, 15) is 9.59 Å². The molecule has 29 heavy (non-hydrogen) atoms. The summed E-state index contributed by atoms with van der Waals surface area (Å²) in [5.74, 6) is -0.342. The van der Waals surface area contributed by atoms with Crippen molar-refractivity contribution in [1.29, 1.82) is 0 Å². The van der Waals surface area contributed by atoms with E-state index in [-0.39, 0.29) is 24.3 Å². The fourth-order valence-electron chi connectivity index (χ4n) is 3.04. The van der Waals surface area contributed by atoms with Crippen LogP contribution < -0.4 is 4.74 Å². The van der Waals surface area contributed by atoms with Crippen molar-refractivity contribution in [3.63, 3.8) is 0 Å². The number of hydrogen-bond donors (Lipinski definition) is 0. The molecule has 0 spiro atoms. The van der Waals surface area contributed by atoms with Gasteiger partial charge in [0.1, 0.15) is 5.75 Å². The molecule has 0 aliphatic carbocycles. The standard InChI is InChI=1S/C22H25N3O4/c1-13(2)18-10-16(17-11-23-25(14(3)4)21(17)24-18)22(27)29-12-19(26)15-8-6-7-9-20(15)28-5/h6-11,13-14H,12H2,1-5H3. The van der Waals surface area contributed by atoms with Crippen LogP contribution in [-0.4, -0.2) is 40.2 Å². The van der Waals surface area contributed by atoms with Crippen LogP contribution in [-0.2, 0) is 4.74 Å². The Morgan fingerprint density at radius 1 is 1.10 bits per heavy atom. The van der Waals surface area contributed by atoms with Crippen LogP contribution in [0.2, 0.25) is 0 Å². The third-order valence-corrected chi connectivity index (χ3v) is 4.63. The number of aromatic nitrogens is 3. The number of pyridine rings is 1. The minimum Gasteiger partial charge on any atom is -0.496 e. The van der Waals surface area contributed by atoms with Crippen molar-refractivity contribution in [3.8, 4) is 5.75 Å². The minimum atomic E-state index is -0.578. The van der Waals surface area contributed by atoms with Gasteiger partial charge in [-0.05, 0) is 38.0 Å². The van der Waals surface area contributed by atoms with Gasteiger partial charge in [0.25, 0.3) is 0 Å². The van der Waals surface area contributed by atoms with Crippen LogP contribution in [0.1, 0.15) is 66.1 Å². The zero-order valence-corrected chi connectivity index (χ0v) is 17.3. The molecule has 0 bridgehead atoms. The molecule has 152 valence electrons. The van der Waals surface area contributed by atoms with Crippen LogP contribution in [0.25, 0.3) is 11.0 Å². The summed E-state index contributed by atoms with van der Waals surface area (Å²) in [6.07, 6.45) is 1.62. The number of benzene rings is 1. The predicted octanol–water partition coefficient (Wildman–Crippen LogP) is 4.18. The molecule has 7 nitrogen and oxygen atoms in total. The summed E-state index contributed by atoms with van der Waals surface area (Å²) >= 11 is 0. The smallest absolute Gasteiger partial charge is 0.339 e.